The van der Waals surface area contributed by atoms with E-state index in [9.17, 15) is 4.79 Å². The Labute approximate surface area is 155 Å². The second-order valence-electron chi connectivity index (χ2n) is 7.51. The molecule has 2 aliphatic rings. The summed E-state index contributed by atoms with van der Waals surface area (Å²) in [6, 6.07) is 12.8. The summed E-state index contributed by atoms with van der Waals surface area (Å²) in [5.74, 6) is 1.03. The molecule has 136 valence electrons. The number of amides is 1. The lowest BCUT2D eigenvalue weighted by Crippen LogP contribution is -2.40. The summed E-state index contributed by atoms with van der Waals surface area (Å²) in [5.41, 5.74) is 3.04. The Balaban J connectivity index is 1.63. The van der Waals surface area contributed by atoms with Crippen LogP contribution in [0, 0.1) is 0 Å². The first-order valence-electron chi connectivity index (χ1n) is 9.83. The van der Waals surface area contributed by atoms with Gasteiger partial charge in [-0.05, 0) is 62.8 Å². The zero-order valence-electron chi connectivity index (χ0n) is 15.7. The van der Waals surface area contributed by atoms with Gasteiger partial charge in [-0.3, -0.25) is 4.79 Å². The van der Waals surface area contributed by atoms with E-state index in [0.717, 1.165) is 36.5 Å². The van der Waals surface area contributed by atoms with E-state index >= 15 is 0 Å². The number of aromatic nitrogens is 1. The summed E-state index contributed by atoms with van der Waals surface area (Å²) in [6.07, 6.45) is 7.53. The monoisotopic (exact) mass is 349 g/mol. The zero-order chi connectivity index (χ0) is 18.1. The summed E-state index contributed by atoms with van der Waals surface area (Å²) < 4.78 is 0. The van der Waals surface area contributed by atoms with Crippen LogP contribution in [0.2, 0.25) is 0 Å². The van der Waals surface area contributed by atoms with Crippen LogP contribution in [0.15, 0.2) is 42.6 Å². The SMILES string of the molecule is CCC1CCCCN1c1cc(C(=O)N2c3ccccc3CC2C)ccn1. The van der Waals surface area contributed by atoms with Gasteiger partial charge in [0, 0.05) is 36.1 Å². The van der Waals surface area contributed by atoms with Gasteiger partial charge in [0.25, 0.3) is 5.91 Å². The molecule has 2 aliphatic heterocycles. The average Bonchev–Trinajstić information content (AvgIpc) is 3.03. The number of carbonyl (C=O) groups is 1. The smallest absolute Gasteiger partial charge is 0.258 e. The molecule has 4 nitrogen and oxygen atoms in total. The molecular weight excluding hydrogens is 322 g/mol. The first-order chi connectivity index (χ1) is 12.7. The fraction of sp³-hybridized carbons (Fsp3) is 0.455. The van der Waals surface area contributed by atoms with Crippen molar-refractivity contribution in [1.29, 1.82) is 0 Å². The van der Waals surface area contributed by atoms with Gasteiger partial charge in [-0.25, -0.2) is 4.98 Å². The van der Waals surface area contributed by atoms with Crippen molar-refractivity contribution in [1.82, 2.24) is 4.98 Å². The lowest BCUT2D eigenvalue weighted by atomic mass is 10.00. The first kappa shape index (κ1) is 17.1. The van der Waals surface area contributed by atoms with Gasteiger partial charge in [0.2, 0.25) is 0 Å². The van der Waals surface area contributed by atoms with Crippen LogP contribution in [-0.2, 0) is 6.42 Å². The van der Waals surface area contributed by atoms with Gasteiger partial charge in [-0.2, -0.15) is 0 Å². The van der Waals surface area contributed by atoms with Crippen LogP contribution in [0.3, 0.4) is 0 Å². The molecule has 0 radical (unpaired) electrons. The van der Waals surface area contributed by atoms with Crippen molar-refractivity contribution in [2.45, 2.75) is 58.0 Å². The van der Waals surface area contributed by atoms with Crippen molar-refractivity contribution < 1.29 is 4.79 Å². The van der Waals surface area contributed by atoms with E-state index in [1.54, 1.807) is 6.20 Å². The second kappa shape index (κ2) is 7.10. The lowest BCUT2D eigenvalue weighted by molar-refractivity contribution is 0.0981. The average molecular weight is 349 g/mol. The highest BCUT2D eigenvalue weighted by molar-refractivity contribution is 6.08. The molecule has 1 amide bonds. The number of pyridine rings is 1. The molecule has 1 aromatic heterocycles. The minimum Gasteiger partial charge on any atom is -0.354 e. The topological polar surface area (TPSA) is 36.4 Å². The number of anilines is 2. The van der Waals surface area contributed by atoms with Crippen LogP contribution >= 0.6 is 0 Å². The predicted molar refractivity (Wildman–Crippen MR) is 106 cm³/mol. The maximum absolute atomic E-state index is 13.3. The van der Waals surface area contributed by atoms with Crippen molar-refractivity contribution in [3.63, 3.8) is 0 Å². The number of hydrogen-bond acceptors (Lipinski definition) is 3. The molecular formula is C22H27N3O. The summed E-state index contributed by atoms with van der Waals surface area (Å²) in [7, 11) is 0. The Bertz CT molecular complexity index is 803. The number of para-hydroxylation sites is 1. The van der Waals surface area contributed by atoms with Crippen LogP contribution < -0.4 is 9.80 Å². The van der Waals surface area contributed by atoms with Crippen LogP contribution in [0.4, 0.5) is 11.5 Å². The van der Waals surface area contributed by atoms with Crippen LogP contribution in [0.25, 0.3) is 0 Å². The molecule has 1 aromatic carbocycles. The van der Waals surface area contributed by atoms with Gasteiger partial charge in [-0.1, -0.05) is 25.1 Å². The summed E-state index contributed by atoms with van der Waals surface area (Å²) in [6.45, 7) is 5.39. The standard InChI is InChI=1S/C22H27N3O/c1-3-19-9-6-7-13-24(19)21-15-18(11-12-23-21)22(26)25-16(2)14-17-8-4-5-10-20(17)25/h4-5,8,10-12,15-16,19H,3,6-7,9,13-14H2,1-2H3. The maximum atomic E-state index is 13.3. The van der Waals surface area contributed by atoms with Gasteiger partial charge in [-0.15, -0.1) is 0 Å². The third kappa shape index (κ3) is 2.98. The van der Waals surface area contributed by atoms with Crippen LogP contribution in [-0.4, -0.2) is 29.5 Å². The number of nitrogens with zero attached hydrogens (tertiary/aromatic N) is 3. The van der Waals surface area contributed by atoms with Gasteiger partial charge in [0.1, 0.15) is 5.82 Å². The zero-order valence-corrected chi connectivity index (χ0v) is 15.7. The summed E-state index contributed by atoms with van der Waals surface area (Å²) >= 11 is 0. The number of hydrogen-bond donors (Lipinski definition) is 0. The van der Waals surface area contributed by atoms with Crippen LogP contribution in [0.5, 0.6) is 0 Å². The molecule has 2 atom stereocenters. The number of benzene rings is 1. The minimum absolute atomic E-state index is 0.0798. The lowest BCUT2D eigenvalue weighted by Gasteiger charge is -2.36. The molecule has 2 unspecified atom stereocenters. The largest absolute Gasteiger partial charge is 0.354 e. The van der Waals surface area contributed by atoms with E-state index in [-0.39, 0.29) is 11.9 Å². The number of fused-ring (bicyclic) bond motifs is 1. The summed E-state index contributed by atoms with van der Waals surface area (Å²) in [4.78, 5) is 22.2. The highest BCUT2D eigenvalue weighted by Gasteiger charge is 2.31. The molecule has 3 heterocycles. The fourth-order valence-corrected chi connectivity index (χ4v) is 4.45. The minimum atomic E-state index is 0.0798. The van der Waals surface area contributed by atoms with E-state index < -0.39 is 0 Å². The van der Waals surface area contributed by atoms with E-state index in [1.807, 2.05) is 29.2 Å². The molecule has 1 fully saturated rings. The molecule has 26 heavy (non-hydrogen) atoms. The number of carbonyl (C=O) groups excluding carboxylic acids is 1. The molecule has 0 aliphatic carbocycles. The molecule has 4 rings (SSSR count). The van der Waals surface area contributed by atoms with Crippen molar-refractivity contribution in [2.75, 3.05) is 16.3 Å². The Hall–Kier alpha value is -2.36. The van der Waals surface area contributed by atoms with E-state index in [4.69, 9.17) is 0 Å². The first-order valence-corrected chi connectivity index (χ1v) is 9.83. The molecule has 0 spiro atoms. The third-order valence-corrected chi connectivity index (χ3v) is 5.81. The van der Waals surface area contributed by atoms with E-state index in [1.165, 1.54) is 24.8 Å². The quantitative estimate of drug-likeness (QED) is 0.822. The molecule has 0 saturated carbocycles. The molecule has 2 aromatic rings. The van der Waals surface area contributed by atoms with Gasteiger partial charge >= 0.3 is 0 Å². The van der Waals surface area contributed by atoms with Crippen molar-refractivity contribution in [2.24, 2.45) is 0 Å². The molecule has 1 saturated heterocycles. The highest BCUT2D eigenvalue weighted by Crippen LogP contribution is 2.33. The Morgan fingerprint density at radius 1 is 1.23 bits per heavy atom. The third-order valence-electron chi connectivity index (χ3n) is 5.81. The second-order valence-corrected chi connectivity index (χ2v) is 7.51. The van der Waals surface area contributed by atoms with Gasteiger partial charge in [0.05, 0.1) is 0 Å². The summed E-state index contributed by atoms with van der Waals surface area (Å²) in [5, 5.41) is 0. The van der Waals surface area contributed by atoms with Gasteiger partial charge < -0.3 is 9.80 Å². The normalized spacial score (nSPS) is 22.4. The Morgan fingerprint density at radius 3 is 2.92 bits per heavy atom. The molecule has 0 bridgehead atoms. The number of rotatable bonds is 3. The molecule has 4 heteroatoms. The highest BCUT2D eigenvalue weighted by atomic mass is 16.2. The fourth-order valence-electron chi connectivity index (χ4n) is 4.45. The maximum Gasteiger partial charge on any atom is 0.258 e. The van der Waals surface area contributed by atoms with E-state index in [2.05, 4.69) is 35.9 Å². The molecule has 0 N–H and O–H groups in total. The van der Waals surface area contributed by atoms with Crippen molar-refractivity contribution >= 4 is 17.4 Å². The Kier molecular flexibility index (Phi) is 4.66. The number of piperidine rings is 1. The van der Waals surface area contributed by atoms with Gasteiger partial charge in [0.15, 0.2) is 0 Å². The van der Waals surface area contributed by atoms with Crippen molar-refractivity contribution in [3.8, 4) is 0 Å². The Morgan fingerprint density at radius 2 is 2.08 bits per heavy atom. The van der Waals surface area contributed by atoms with Crippen LogP contribution in [0.1, 0.15) is 55.5 Å². The van der Waals surface area contributed by atoms with E-state index in [0.29, 0.717) is 6.04 Å². The van der Waals surface area contributed by atoms with Crippen molar-refractivity contribution in [3.05, 3.63) is 53.7 Å². The predicted octanol–water partition coefficient (Wildman–Crippen LogP) is 4.44.